The van der Waals surface area contributed by atoms with Crippen molar-refractivity contribution in [3.05, 3.63) is 83.4 Å². The first-order valence-corrected chi connectivity index (χ1v) is 11.2. The Hall–Kier alpha value is -3.30. The van der Waals surface area contributed by atoms with Gasteiger partial charge in [0.05, 0.1) is 27.4 Å². The van der Waals surface area contributed by atoms with Crippen molar-refractivity contribution in [2.45, 2.75) is 31.3 Å². The Morgan fingerprint density at radius 2 is 1.09 bits per heavy atom. The second kappa shape index (κ2) is 12.4. The smallest absolute Gasteiger partial charge is 0.161 e. The molecule has 3 rings (SSSR count). The molecule has 188 valence electrons. The Labute approximate surface area is 204 Å². The molecule has 0 radical (unpaired) electrons. The van der Waals surface area contributed by atoms with Gasteiger partial charge in [0.2, 0.25) is 0 Å². The van der Waals surface area contributed by atoms with E-state index in [9.17, 15) is 20.4 Å². The van der Waals surface area contributed by atoms with Crippen LogP contribution in [0.2, 0.25) is 0 Å². The molecule has 0 unspecified atom stereocenters. The van der Waals surface area contributed by atoms with Crippen LogP contribution in [0.15, 0.2) is 66.7 Å². The van der Waals surface area contributed by atoms with Gasteiger partial charge in [-0.2, -0.15) is 0 Å². The molecule has 0 aliphatic heterocycles. The Morgan fingerprint density at radius 1 is 0.629 bits per heavy atom. The molecular weight excluding hydrogens is 452 g/mol. The number of aryl methyl sites for hydroxylation is 1. The normalized spacial score (nSPS) is 14.5. The van der Waals surface area contributed by atoms with E-state index >= 15 is 0 Å². The molecule has 0 aromatic heterocycles. The summed E-state index contributed by atoms with van der Waals surface area (Å²) in [5.74, 6) is 1.90. The van der Waals surface area contributed by atoms with Crippen LogP contribution in [-0.4, -0.2) is 60.1 Å². The second-order valence-electron chi connectivity index (χ2n) is 8.06. The van der Waals surface area contributed by atoms with E-state index in [0.717, 1.165) is 5.56 Å². The fourth-order valence-electron chi connectivity index (χ4n) is 3.58. The van der Waals surface area contributed by atoms with Crippen molar-refractivity contribution >= 4 is 0 Å². The summed E-state index contributed by atoms with van der Waals surface area (Å²) < 4.78 is 22.0. The number of hydrogen-bond acceptors (Lipinski definition) is 8. The first-order chi connectivity index (χ1) is 16.9. The molecule has 0 bridgehead atoms. The minimum atomic E-state index is -1.13. The van der Waals surface area contributed by atoms with Crippen LogP contribution in [0, 0.1) is 6.92 Å². The third-order valence-electron chi connectivity index (χ3n) is 5.63. The van der Waals surface area contributed by atoms with Gasteiger partial charge < -0.3 is 39.4 Å². The number of aliphatic hydroxyl groups excluding tert-OH is 4. The average molecular weight is 485 g/mol. The third-order valence-corrected chi connectivity index (χ3v) is 5.63. The summed E-state index contributed by atoms with van der Waals surface area (Å²) in [4.78, 5) is 0. The summed E-state index contributed by atoms with van der Waals surface area (Å²) in [5, 5.41) is 41.0. The van der Waals surface area contributed by atoms with Gasteiger partial charge in [0.15, 0.2) is 23.7 Å². The lowest BCUT2D eigenvalue weighted by molar-refractivity contribution is -0.00114. The Bertz CT molecular complexity index is 1050. The second-order valence-corrected chi connectivity index (χ2v) is 8.06. The van der Waals surface area contributed by atoms with Crippen molar-refractivity contribution in [3.63, 3.8) is 0 Å². The van der Waals surface area contributed by atoms with Crippen LogP contribution in [0.4, 0.5) is 0 Å². The van der Waals surface area contributed by atoms with Crippen molar-refractivity contribution in [1.82, 2.24) is 0 Å². The van der Waals surface area contributed by atoms with E-state index in [-0.39, 0.29) is 6.61 Å². The fraction of sp³-hybridized carbons (Fsp3) is 0.333. The highest BCUT2D eigenvalue weighted by Crippen LogP contribution is 2.32. The van der Waals surface area contributed by atoms with Gasteiger partial charge in [-0.1, -0.05) is 35.9 Å². The van der Waals surface area contributed by atoms with E-state index in [1.165, 1.54) is 14.2 Å². The number of methoxy groups -OCH3 is 2. The number of aliphatic hydroxyl groups is 4. The molecule has 0 heterocycles. The predicted octanol–water partition coefficient (Wildman–Crippen LogP) is 2.96. The Balaban J connectivity index is 1.68. The quantitative estimate of drug-likeness (QED) is 0.310. The maximum atomic E-state index is 10.8. The summed E-state index contributed by atoms with van der Waals surface area (Å²) in [5.41, 5.74) is 2.09. The van der Waals surface area contributed by atoms with Gasteiger partial charge in [0.1, 0.15) is 23.7 Å². The maximum Gasteiger partial charge on any atom is 0.161 e. The monoisotopic (exact) mass is 484 g/mol. The van der Waals surface area contributed by atoms with Crippen LogP contribution >= 0.6 is 0 Å². The molecule has 0 aliphatic rings. The molecule has 3 aromatic carbocycles. The fourth-order valence-corrected chi connectivity index (χ4v) is 3.58. The van der Waals surface area contributed by atoms with Crippen LogP contribution in [0.1, 0.15) is 28.9 Å². The molecule has 0 fully saturated rings. The number of rotatable bonds is 12. The molecule has 8 heteroatoms. The van der Waals surface area contributed by atoms with E-state index < -0.39 is 31.0 Å². The molecule has 8 nitrogen and oxygen atoms in total. The maximum absolute atomic E-state index is 10.8. The van der Waals surface area contributed by atoms with Gasteiger partial charge in [0.25, 0.3) is 0 Å². The van der Waals surface area contributed by atoms with E-state index in [1.54, 1.807) is 54.6 Å². The molecule has 0 saturated heterocycles. The van der Waals surface area contributed by atoms with E-state index in [4.69, 9.17) is 18.9 Å². The van der Waals surface area contributed by atoms with Gasteiger partial charge >= 0.3 is 0 Å². The Morgan fingerprint density at radius 3 is 1.57 bits per heavy atom. The molecule has 0 amide bonds. The van der Waals surface area contributed by atoms with E-state index in [0.29, 0.717) is 34.1 Å². The van der Waals surface area contributed by atoms with Crippen molar-refractivity contribution in [3.8, 4) is 23.0 Å². The molecule has 0 spiro atoms. The first kappa shape index (κ1) is 26.3. The van der Waals surface area contributed by atoms with Crippen molar-refractivity contribution in [2.75, 3.05) is 27.4 Å². The van der Waals surface area contributed by atoms with Gasteiger partial charge in [-0.25, -0.2) is 0 Å². The topological polar surface area (TPSA) is 118 Å². The third kappa shape index (κ3) is 6.64. The Kier molecular flexibility index (Phi) is 9.33. The highest BCUT2D eigenvalue weighted by atomic mass is 16.5. The van der Waals surface area contributed by atoms with Crippen molar-refractivity contribution < 1.29 is 39.4 Å². The SMILES string of the molecule is COc1ccc([C@H](O)[C@@H](CO)Oc2ccc([C@@H](O)[C@H](CO)Oc3ccc(C)cc3)cc2)cc1OC. The summed E-state index contributed by atoms with van der Waals surface area (Å²) in [6.45, 7) is 1.15. The lowest BCUT2D eigenvalue weighted by Gasteiger charge is -2.25. The summed E-state index contributed by atoms with van der Waals surface area (Å²) in [6.07, 6.45) is -4.02. The van der Waals surface area contributed by atoms with Gasteiger partial charge in [0, 0.05) is 0 Å². The molecular formula is C27H32O8. The molecule has 0 aliphatic carbocycles. The summed E-state index contributed by atoms with van der Waals surface area (Å²) in [7, 11) is 3.02. The van der Waals surface area contributed by atoms with Gasteiger partial charge in [-0.15, -0.1) is 0 Å². The number of benzene rings is 3. The molecule has 0 saturated carbocycles. The minimum Gasteiger partial charge on any atom is -0.493 e. The predicted molar refractivity (Wildman–Crippen MR) is 130 cm³/mol. The summed E-state index contributed by atoms with van der Waals surface area (Å²) >= 11 is 0. The molecule has 3 aromatic rings. The van der Waals surface area contributed by atoms with Crippen LogP contribution in [0.3, 0.4) is 0 Å². The largest absolute Gasteiger partial charge is 0.493 e. The zero-order chi connectivity index (χ0) is 25.4. The molecule has 4 atom stereocenters. The first-order valence-electron chi connectivity index (χ1n) is 11.2. The minimum absolute atomic E-state index is 0.378. The van der Waals surface area contributed by atoms with Gasteiger partial charge in [-0.3, -0.25) is 0 Å². The number of hydrogen-bond donors (Lipinski definition) is 4. The van der Waals surface area contributed by atoms with Crippen LogP contribution in [-0.2, 0) is 0 Å². The zero-order valence-electron chi connectivity index (χ0n) is 20.0. The van der Waals surface area contributed by atoms with Crippen molar-refractivity contribution in [1.29, 1.82) is 0 Å². The standard InChI is InChI=1S/C27H32O8/c1-17-4-9-20(10-5-17)34-24(15-28)26(30)18-6-11-21(12-7-18)35-25(16-29)27(31)19-8-13-22(32-2)23(14-19)33-3/h4-14,24-31H,15-16H2,1-3H3/t24-,25+,26+,27-/m0/s1. The number of ether oxygens (including phenoxy) is 4. The van der Waals surface area contributed by atoms with Crippen molar-refractivity contribution in [2.24, 2.45) is 0 Å². The van der Waals surface area contributed by atoms with Crippen LogP contribution in [0.25, 0.3) is 0 Å². The molecule has 35 heavy (non-hydrogen) atoms. The highest BCUT2D eigenvalue weighted by Gasteiger charge is 2.25. The van der Waals surface area contributed by atoms with Gasteiger partial charge in [-0.05, 0) is 54.4 Å². The summed E-state index contributed by atoms with van der Waals surface area (Å²) in [6, 6.07) is 18.8. The van der Waals surface area contributed by atoms with Crippen LogP contribution in [0.5, 0.6) is 23.0 Å². The van der Waals surface area contributed by atoms with Crippen LogP contribution < -0.4 is 18.9 Å². The van der Waals surface area contributed by atoms with E-state index in [1.807, 2.05) is 19.1 Å². The molecule has 4 N–H and O–H groups in total. The lowest BCUT2D eigenvalue weighted by Crippen LogP contribution is -2.30. The lowest BCUT2D eigenvalue weighted by atomic mass is 10.0. The highest BCUT2D eigenvalue weighted by molar-refractivity contribution is 5.43. The zero-order valence-corrected chi connectivity index (χ0v) is 20.0. The van der Waals surface area contributed by atoms with E-state index in [2.05, 4.69) is 0 Å². The average Bonchev–Trinajstić information content (AvgIpc) is 2.90.